The standard InChI is InChI=1S/C10H13NS/c1-7-3-2-4-8-9(7)5-12-6-10(8)11/h2-4,10H,5-6,11H2,1H3. The van der Waals surface area contributed by atoms with Crippen molar-refractivity contribution in [1.29, 1.82) is 0 Å². The van der Waals surface area contributed by atoms with Gasteiger partial charge in [0, 0.05) is 17.5 Å². The third-order valence-corrected chi connectivity index (χ3v) is 3.48. The predicted octanol–water partition coefficient (Wildman–Crippen LogP) is 2.24. The zero-order chi connectivity index (χ0) is 8.55. The average Bonchev–Trinajstić information content (AvgIpc) is 2.07. The highest BCUT2D eigenvalue weighted by Crippen LogP contribution is 2.31. The van der Waals surface area contributed by atoms with Crippen molar-refractivity contribution in [3.05, 3.63) is 34.9 Å². The number of nitrogens with two attached hydrogens (primary N) is 1. The van der Waals surface area contributed by atoms with Gasteiger partial charge in [0.2, 0.25) is 0 Å². The van der Waals surface area contributed by atoms with Gasteiger partial charge in [-0.05, 0) is 23.6 Å². The molecule has 0 saturated heterocycles. The third-order valence-electron chi connectivity index (χ3n) is 2.39. The maximum atomic E-state index is 5.99. The molecule has 1 heterocycles. The molecule has 0 radical (unpaired) electrons. The van der Waals surface area contributed by atoms with Crippen molar-refractivity contribution in [1.82, 2.24) is 0 Å². The topological polar surface area (TPSA) is 26.0 Å². The number of hydrogen-bond donors (Lipinski definition) is 1. The van der Waals surface area contributed by atoms with E-state index < -0.39 is 0 Å². The van der Waals surface area contributed by atoms with E-state index in [0.717, 1.165) is 11.5 Å². The Balaban J connectivity index is 2.52. The fourth-order valence-electron chi connectivity index (χ4n) is 1.65. The van der Waals surface area contributed by atoms with Gasteiger partial charge in [0.15, 0.2) is 0 Å². The summed E-state index contributed by atoms with van der Waals surface area (Å²) < 4.78 is 0. The molecule has 0 saturated carbocycles. The molecule has 0 amide bonds. The van der Waals surface area contributed by atoms with Crippen molar-refractivity contribution >= 4 is 11.8 Å². The summed E-state index contributed by atoms with van der Waals surface area (Å²) in [5, 5.41) is 0. The van der Waals surface area contributed by atoms with E-state index >= 15 is 0 Å². The molecule has 2 rings (SSSR count). The minimum absolute atomic E-state index is 0.249. The molecule has 1 aromatic carbocycles. The molecule has 1 aliphatic heterocycles. The van der Waals surface area contributed by atoms with Gasteiger partial charge >= 0.3 is 0 Å². The number of aryl methyl sites for hydroxylation is 1. The first-order chi connectivity index (χ1) is 5.79. The summed E-state index contributed by atoms with van der Waals surface area (Å²) in [5.74, 6) is 2.20. The number of rotatable bonds is 0. The van der Waals surface area contributed by atoms with Gasteiger partial charge in [0.05, 0.1) is 0 Å². The van der Waals surface area contributed by atoms with E-state index in [1.807, 2.05) is 11.8 Å². The minimum atomic E-state index is 0.249. The maximum absolute atomic E-state index is 5.99. The van der Waals surface area contributed by atoms with E-state index in [9.17, 15) is 0 Å². The van der Waals surface area contributed by atoms with Crippen molar-refractivity contribution in [3.8, 4) is 0 Å². The second-order valence-corrected chi connectivity index (χ2v) is 4.29. The second kappa shape index (κ2) is 3.11. The number of benzene rings is 1. The Morgan fingerprint density at radius 1 is 1.50 bits per heavy atom. The number of hydrogen-bond acceptors (Lipinski definition) is 2. The molecule has 2 N–H and O–H groups in total. The van der Waals surface area contributed by atoms with Crippen LogP contribution in [0.1, 0.15) is 22.7 Å². The molecule has 12 heavy (non-hydrogen) atoms. The maximum Gasteiger partial charge on any atom is 0.0390 e. The lowest BCUT2D eigenvalue weighted by Gasteiger charge is -2.23. The average molecular weight is 179 g/mol. The summed E-state index contributed by atoms with van der Waals surface area (Å²) in [6, 6.07) is 6.67. The summed E-state index contributed by atoms with van der Waals surface area (Å²) in [5.41, 5.74) is 10.2. The highest BCUT2D eigenvalue weighted by molar-refractivity contribution is 7.98. The van der Waals surface area contributed by atoms with Gasteiger partial charge in [0.25, 0.3) is 0 Å². The molecular formula is C10H13NS. The Hall–Kier alpha value is -0.470. The monoisotopic (exact) mass is 179 g/mol. The van der Waals surface area contributed by atoms with Gasteiger partial charge < -0.3 is 5.73 Å². The van der Waals surface area contributed by atoms with Crippen molar-refractivity contribution in [3.63, 3.8) is 0 Å². The van der Waals surface area contributed by atoms with E-state index in [1.165, 1.54) is 16.7 Å². The zero-order valence-electron chi connectivity index (χ0n) is 7.21. The fourth-order valence-corrected chi connectivity index (χ4v) is 2.80. The first-order valence-corrected chi connectivity index (χ1v) is 5.36. The molecule has 1 aromatic rings. The molecule has 1 nitrogen and oxygen atoms in total. The number of thioether (sulfide) groups is 1. The molecule has 0 aromatic heterocycles. The predicted molar refractivity (Wildman–Crippen MR) is 54.3 cm³/mol. The van der Waals surface area contributed by atoms with Gasteiger partial charge in [-0.1, -0.05) is 18.2 Å². The van der Waals surface area contributed by atoms with E-state index in [1.54, 1.807) is 0 Å². The molecule has 64 valence electrons. The van der Waals surface area contributed by atoms with Gasteiger partial charge in [-0.2, -0.15) is 11.8 Å². The van der Waals surface area contributed by atoms with Crippen LogP contribution in [0.25, 0.3) is 0 Å². The summed E-state index contributed by atoms with van der Waals surface area (Å²) in [4.78, 5) is 0. The first-order valence-electron chi connectivity index (χ1n) is 4.21. The van der Waals surface area contributed by atoms with Crippen LogP contribution in [0, 0.1) is 6.92 Å². The van der Waals surface area contributed by atoms with Crippen LogP contribution >= 0.6 is 11.8 Å². The van der Waals surface area contributed by atoms with Crippen LogP contribution in [0.2, 0.25) is 0 Å². The third kappa shape index (κ3) is 1.25. The van der Waals surface area contributed by atoms with Crippen LogP contribution in [0.5, 0.6) is 0 Å². The Bertz CT molecular complexity index is 296. The van der Waals surface area contributed by atoms with Crippen molar-refractivity contribution in [2.24, 2.45) is 5.73 Å². The van der Waals surface area contributed by atoms with Gasteiger partial charge in [-0.15, -0.1) is 0 Å². The van der Waals surface area contributed by atoms with E-state index in [2.05, 4.69) is 25.1 Å². The van der Waals surface area contributed by atoms with Gasteiger partial charge in [-0.3, -0.25) is 0 Å². The molecule has 0 fully saturated rings. The Labute approximate surface area is 77.3 Å². The smallest absolute Gasteiger partial charge is 0.0390 e. The highest BCUT2D eigenvalue weighted by atomic mass is 32.2. The zero-order valence-corrected chi connectivity index (χ0v) is 8.03. The van der Waals surface area contributed by atoms with Crippen LogP contribution in [0.15, 0.2) is 18.2 Å². The molecule has 1 aliphatic rings. The highest BCUT2D eigenvalue weighted by Gasteiger charge is 2.17. The van der Waals surface area contributed by atoms with E-state index in [-0.39, 0.29) is 6.04 Å². The lowest BCUT2D eigenvalue weighted by molar-refractivity contribution is 0.806. The van der Waals surface area contributed by atoms with E-state index in [0.29, 0.717) is 0 Å². The largest absolute Gasteiger partial charge is 0.323 e. The molecule has 0 aliphatic carbocycles. The molecule has 2 heteroatoms. The molecular weight excluding hydrogens is 166 g/mol. The minimum Gasteiger partial charge on any atom is -0.323 e. The first kappa shape index (κ1) is 8.14. The fraction of sp³-hybridized carbons (Fsp3) is 0.400. The number of fused-ring (bicyclic) bond motifs is 1. The molecule has 1 atom stereocenters. The quantitative estimate of drug-likeness (QED) is 0.661. The summed E-state index contributed by atoms with van der Waals surface area (Å²) in [6.45, 7) is 2.16. The van der Waals surface area contributed by atoms with Gasteiger partial charge in [-0.25, -0.2) is 0 Å². The molecule has 0 spiro atoms. The normalized spacial score (nSPS) is 22.0. The Kier molecular flexibility index (Phi) is 2.11. The molecule has 0 bridgehead atoms. The summed E-state index contributed by atoms with van der Waals surface area (Å²) in [6.07, 6.45) is 0. The Morgan fingerprint density at radius 3 is 3.08 bits per heavy atom. The summed E-state index contributed by atoms with van der Waals surface area (Å²) >= 11 is 1.93. The SMILES string of the molecule is Cc1cccc2c1CSCC2N. The van der Waals surface area contributed by atoms with Crippen LogP contribution in [-0.4, -0.2) is 5.75 Å². The van der Waals surface area contributed by atoms with Crippen LogP contribution in [-0.2, 0) is 5.75 Å². The van der Waals surface area contributed by atoms with E-state index in [4.69, 9.17) is 5.73 Å². The van der Waals surface area contributed by atoms with Crippen LogP contribution in [0.4, 0.5) is 0 Å². The van der Waals surface area contributed by atoms with Crippen molar-refractivity contribution in [2.45, 2.75) is 18.7 Å². The molecule has 1 unspecified atom stereocenters. The lowest BCUT2D eigenvalue weighted by atomic mass is 9.98. The van der Waals surface area contributed by atoms with Crippen molar-refractivity contribution in [2.75, 3.05) is 5.75 Å². The van der Waals surface area contributed by atoms with Crippen LogP contribution < -0.4 is 5.73 Å². The van der Waals surface area contributed by atoms with Gasteiger partial charge in [0.1, 0.15) is 0 Å². The second-order valence-electron chi connectivity index (χ2n) is 3.26. The van der Waals surface area contributed by atoms with Crippen molar-refractivity contribution < 1.29 is 0 Å². The Morgan fingerprint density at radius 2 is 2.33 bits per heavy atom. The van der Waals surface area contributed by atoms with Crippen LogP contribution in [0.3, 0.4) is 0 Å². The summed E-state index contributed by atoms with van der Waals surface area (Å²) in [7, 11) is 0. The lowest BCUT2D eigenvalue weighted by Crippen LogP contribution is -2.19.